The minimum atomic E-state index is 0.143. The molecule has 1 rings (SSSR count). The van der Waals surface area contributed by atoms with Crippen LogP contribution in [0.2, 0.25) is 0 Å². The molecule has 0 aromatic heterocycles. The maximum absolute atomic E-state index is 11.4. The topological polar surface area (TPSA) is 32.3 Å². The van der Waals surface area contributed by atoms with Gasteiger partial charge in [-0.25, -0.2) is 5.01 Å². The molecule has 3 nitrogen and oxygen atoms in total. The number of hydrogen-bond donors (Lipinski definition) is 1. The van der Waals surface area contributed by atoms with Crippen molar-refractivity contribution in [3.63, 3.8) is 0 Å². The normalized spacial score (nSPS) is 17.2. The Labute approximate surface area is 73.4 Å². The molecule has 12 heavy (non-hydrogen) atoms. The Hall–Kier alpha value is -0.830. The van der Waals surface area contributed by atoms with Crippen LogP contribution in [-0.4, -0.2) is 24.5 Å². The maximum atomic E-state index is 11.4. The first kappa shape index (κ1) is 9.26. The number of amides is 1. The van der Waals surface area contributed by atoms with Crippen LogP contribution in [0.4, 0.5) is 0 Å². The van der Waals surface area contributed by atoms with Crippen molar-refractivity contribution in [3.05, 3.63) is 12.2 Å². The molecule has 68 valence electrons. The number of rotatable bonds is 3. The van der Waals surface area contributed by atoms with Crippen molar-refractivity contribution in [1.82, 2.24) is 10.4 Å². The van der Waals surface area contributed by atoms with Gasteiger partial charge in [0.15, 0.2) is 0 Å². The molecule has 0 aliphatic heterocycles. The van der Waals surface area contributed by atoms with Gasteiger partial charge < -0.3 is 0 Å². The molecule has 0 atom stereocenters. The fraction of sp³-hybridized carbons (Fsp3) is 0.667. The number of nitrogens with one attached hydrogen (secondary N) is 1. The zero-order valence-electron chi connectivity index (χ0n) is 7.71. The fourth-order valence-electron chi connectivity index (χ4n) is 1.19. The molecule has 1 amide bonds. The zero-order valence-corrected chi connectivity index (χ0v) is 7.71. The van der Waals surface area contributed by atoms with Gasteiger partial charge in [0, 0.05) is 19.5 Å². The Bertz CT molecular complexity index is 181. The summed E-state index contributed by atoms with van der Waals surface area (Å²) in [4.78, 5) is 11.4. The highest BCUT2D eigenvalue weighted by atomic mass is 16.2. The van der Waals surface area contributed by atoms with Crippen LogP contribution in [0.3, 0.4) is 0 Å². The quantitative estimate of drug-likeness (QED) is 0.502. The monoisotopic (exact) mass is 168 g/mol. The van der Waals surface area contributed by atoms with E-state index in [9.17, 15) is 4.79 Å². The Kier molecular flexibility index (Phi) is 3.29. The summed E-state index contributed by atoms with van der Waals surface area (Å²) in [5, 5.41) is 1.81. The van der Waals surface area contributed by atoms with Crippen LogP contribution in [0.25, 0.3) is 0 Å². The number of carbonyl (C=O) groups excluding carboxylic acids is 1. The number of hydrazine groups is 1. The first-order chi connectivity index (χ1) is 5.74. The summed E-state index contributed by atoms with van der Waals surface area (Å²) in [5.74, 6) is 0.309. The Morgan fingerprint density at radius 1 is 1.58 bits per heavy atom. The summed E-state index contributed by atoms with van der Waals surface area (Å²) in [7, 11) is 1.88. The van der Waals surface area contributed by atoms with E-state index in [1.54, 1.807) is 5.01 Å². The molecule has 0 aromatic rings. The lowest BCUT2D eigenvalue weighted by atomic mass is 10.1. The second kappa shape index (κ2) is 4.26. The van der Waals surface area contributed by atoms with E-state index in [0.29, 0.717) is 0 Å². The number of carbonyl (C=O) groups is 1. The average molecular weight is 168 g/mol. The van der Waals surface area contributed by atoms with E-state index in [1.165, 1.54) is 0 Å². The Morgan fingerprint density at radius 3 is 2.67 bits per heavy atom. The van der Waals surface area contributed by atoms with Crippen LogP contribution in [-0.2, 0) is 4.79 Å². The third-order valence-corrected chi connectivity index (χ3v) is 2.15. The molecule has 0 radical (unpaired) electrons. The minimum Gasteiger partial charge on any atom is -0.289 e. The summed E-state index contributed by atoms with van der Waals surface area (Å²) in [6.07, 6.45) is 5.92. The van der Waals surface area contributed by atoms with Crippen molar-refractivity contribution in [3.8, 4) is 0 Å². The largest absolute Gasteiger partial charge is 0.289 e. The molecule has 0 saturated heterocycles. The van der Waals surface area contributed by atoms with Gasteiger partial charge in [-0.1, -0.05) is 19.1 Å². The highest BCUT2D eigenvalue weighted by molar-refractivity contribution is 5.78. The van der Waals surface area contributed by atoms with Gasteiger partial charge in [0.2, 0.25) is 5.91 Å². The van der Waals surface area contributed by atoms with Crippen molar-refractivity contribution < 1.29 is 4.79 Å². The number of hydrogen-bond acceptors (Lipinski definition) is 2. The van der Waals surface area contributed by atoms with Crippen LogP contribution < -0.4 is 5.43 Å². The Morgan fingerprint density at radius 2 is 2.17 bits per heavy atom. The summed E-state index contributed by atoms with van der Waals surface area (Å²) < 4.78 is 0. The molecular formula is C9H16N2O. The SMILES string of the molecule is CCN(C)NC(=O)C1CC=CC1. The standard InChI is InChI=1S/C9H16N2O/c1-3-11(2)10-9(12)8-6-4-5-7-8/h4-5,8H,3,6-7H2,1-2H3,(H,10,12). The molecule has 3 heteroatoms. The molecule has 0 unspecified atom stereocenters. The predicted molar refractivity (Wildman–Crippen MR) is 48.3 cm³/mol. The van der Waals surface area contributed by atoms with E-state index in [0.717, 1.165) is 19.4 Å². The van der Waals surface area contributed by atoms with Gasteiger partial charge in [-0.15, -0.1) is 0 Å². The first-order valence-electron chi connectivity index (χ1n) is 4.40. The zero-order chi connectivity index (χ0) is 8.97. The summed E-state index contributed by atoms with van der Waals surface area (Å²) in [6, 6.07) is 0. The molecule has 0 heterocycles. The third-order valence-electron chi connectivity index (χ3n) is 2.15. The van der Waals surface area contributed by atoms with E-state index >= 15 is 0 Å². The van der Waals surface area contributed by atoms with Crippen LogP contribution in [0.5, 0.6) is 0 Å². The van der Waals surface area contributed by atoms with Crippen LogP contribution in [0, 0.1) is 5.92 Å². The lowest BCUT2D eigenvalue weighted by Gasteiger charge is -2.18. The fourth-order valence-corrected chi connectivity index (χ4v) is 1.19. The van der Waals surface area contributed by atoms with Crippen molar-refractivity contribution in [2.45, 2.75) is 19.8 Å². The van der Waals surface area contributed by atoms with Gasteiger partial charge in [0.05, 0.1) is 0 Å². The van der Waals surface area contributed by atoms with Gasteiger partial charge >= 0.3 is 0 Å². The maximum Gasteiger partial charge on any atom is 0.238 e. The van der Waals surface area contributed by atoms with Crippen molar-refractivity contribution in [2.24, 2.45) is 5.92 Å². The molecule has 0 bridgehead atoms. The Balaban J connectivity index is 2.28. The van der Waals surface area contributed by atoms with E-state index in [1.807, 2.05) is 14.0 Å². The van der Waals surface area contributed by atoms with Gasteiger partial charge in [-0.2, -0.15) is 0 Å². The first-order valence-corrected chi connectivity index (χ1v) is 4.40. The molecule has 1 N–H and O–H groups in total. The number of allylic oxidation sites excluding steroid dienone is 2. The van der Waals surface area contributed by atoms with Crippen molar-refractivity contribution in [1.29, 1.82) is 0 Å². The smallest absolute Gasteiger partial charge is 0.238 e. The van der Waals surface area contributed by atoms with Crippen LogP contribution in [0.15, 0.2) is 12.2 Å². The van der Waals surface area contributed by atoms with Crippen molar-refractivity contribution in [2.75, 3.05) is 13.6 Å². The van der Waals surface area contributed by atoms with E-state index in [-0.39, 0.29) is 11.8 Å². The second-order valence-electron chi connectivity index (χ2n) is 3.13. The molecular weight excluding hydrogens is 152 g/mol. The van der Waals surface area contributed by atoms with E-state index in [2.05, 4.69) is 17.6 Å². The van der Waals surface area contributed by atoms with Gasteiger partial charge in [-0.05, 0) is 12.8 Å². The average Bonchev–Trinajstić information content (AvgIpc) is 2.56. The summed E-state index contributed by atoms with van der Waals surface area (Å²) in [6.45, 7) is 2.85. The number of nitrogens with zero attached hydrogens (tertiary/aromatic N) is 1. The molecule has 1 aliphatic carbocycles. The molecule has 0 aromatic carbocycles. The van der Waals surface area contributed by atoms with E-state index in [4.69, 9.17) is 0 Å². The van der Waals surface area contributed by atoms with Gasteiger partial charge in [-0.3, -0.25) is 10.2 Å². The molecule has 0 fully saturated rings. The summed E-state index contributed by atoms with van der Waals surface area (Å²) in [5.41, 5.74) is 2.83. The van der Waals surface area contributed by atoms with Gasteiger partial charge in [0.1, 0.15) is 0 Å². The van der Waals surface area contributed by atoms with Crippen LogP contribution in [0.1, 0.15) is 19.8 Å². The van der Waals surface area contributed by atoms with Crippen molar-refractivity contribution >= 4 is 5.91 Å². The lowest BCUT2D eigenvalue weighted by molar-refractivity contribution is -0.128. The van der Waals surface area contributed by atoms with E-state index < -0.39 is 0 Å². The predicted octanol–water partition coefficient (Wildman–Crippen LogP) is 0.935. The third kappa shape index (κ3) is 2.34. The minimum absolute atomic E-state index is 0.143. The highest BCUT2D eigenvalue weighted by Gasteiger charge is 2.19. The molecule has 0 saturated carbocycles. The highest BCUT2D eigenvalue weighted by Crippen LogP contribution is 2.17. The molecule has 1 aliphatic rings. The van der Waals surface area contributed by atoms with Crippen LogP contribution >= 0.6 is 0 Å². The second-order valence-corrected chi connectivity index (χ2v) is 3.13. The molecule has 0 spiro atoms. The summed E-state index contributed by atoms with van der Waals surface area (Å²) >= 11 is 0. The van der Waals surface area contributed by atoms with Gasteiger partial charge in [0.25, 0.3) is 0 Å². The lowest BCUT2D eigenvalue weighted by Crippen LogP contribution is -2.41.